The van der Waals surface area contributed by atoms with Crippen LogP contribution in [-0.4, -0.2) is 0 Å². The van der Waals surface area contributed by atoms with Gasteiger partial charge in [-0.2, -0.15) is 35.0 Å². The first kappa shape index (κ1) is 17.4. The smallest absolute Gasteiger partial charge is 0.189 e. The second-order valence-corrected chi connectivity index (χ2v) is 5.74. The average Bonchev–Trinajstić information content (AvgIpc) is 2.56. The zero-order valence-electron chi connectivity index (χ0n) is 12.5. The molecule has 0 aromatic heterocycles. The second-order valence-electron chi connectivity index (χ2n) is 5.74. The fraction of sp³-hybridized carbons (Fsp3) is 0. The van der Waals surface area contributed by atoms with E-state index in [9.17, 15) is 0 Å². The maximum absolute atomic E-state index is 3.56. The molecule has 122 valence electrons. The Morgan fingerprint density at radius 1 is 0.417 bits per heavy atom. The Balaban J connectivity index is 0.000000845. The van der Waals surface area contributed by atoms with Crippen LogP contribution in [0, 0.1) is 12.1 Å². The van der Waals surface area contributed by atoms with Gasteiger partial charge >= 0.3 is 44.8 Å². The normalized spacial score (nSPS) is 10.7. The van der Waals surface area contributed by atoms with E-state index in [4.69, 9.17) is 0 Å². The Kier molecular flexibility index (Phi) is 4.98. The summed E-state index contributed by atoms with van der Waals surface area (Å²) in [6.07, 6.45) is 0. The summed E-state index contributed by atoms with van der Waals surface area (Å²) >= 11 is 0. The van der Waals surface area contributed by atoms with Crippen molar-refractivity contribution < 1.29 is 44.8 Å². The molecule has 0 N–H and O–H groups in total. The number of rotatable bonds is 0. The minimum absolute atomic E-state index is 0. The predicted molar refractivity (Wildman–Crippen MR) is 94.1 cm³/mol. The van der Waals surface area contributed by atoms with Crippen molar-refractivity contribution in [2.45, 2.75) is 0 Å². The molecule has 0 fully saturated rings. The summed E-state index contributed by atoms with van der Waals surface area (Å²) in [5, 5.41) is 9.53. The van der Waals surface area contributed by atoms with Crippen LogP contribution < -0.4 is 0 Å². The summed E-state index contributed by atoms with van der Waals surface area (Å²) in [4.78, 5) is 0. The van der Waals surface area contributed by atoms with Crippen LogP contribution in [-0.2, 0) is 44.8 Å². The van der Waals surface area contributed by atoms with E-state index in [1.807, 2.05) is 0 Å². The Bertz CT molecular complexity index is 992. The molecule has 0 radical (unpaired) electrons. The maximum Gasteiger partial charge on any atom is 1.00 e. The molecule has 0 aliphatic carbocycles. The summed E-state index contributed by atoms with van der Waals surface area (Å²) < 4.78 is 0. The number of benzene rings is 5. The molecule has 0 bridgehead atoms. The fourth-order valence-electron chi connectivity index (χ4n) is 3.19. The average molecular weight is 670 g/mol. The van der Waals surface area contributed by atoms with E-state index in [0.717, 1.165) is 21.5 Å². The summed E-state index contributed by atoms with van der Waals surface area (Å²) in [6.45, 7) is 0. The Labute approximate surface area is 171 Å². The number of hydrogen-bond acceptors (Lipinski definition) is 0. The SMILES string of the molecule is [Au+].[Au+].[c-]1c2cc3cc4ccccc4cc3[c-]c2cc2ccccc12. The quantitative estimate of drug-likeness (QED) is 0.110. The molecule has 0 nitrogen and oxygen atoms in total. The molecule has 0 saturated carbocycles. The van der Waals surface area contributed by atoms with E-state index in [0.29, 0.717) is 0 Å². The first-order valence-electron chi connectivity index (χ1n) is 7.46. The van der Waals surface area contributed by atoms with Crippen LogP contribution in [0.1, 0.15) is 0 Å². The minimum Gasteiger partial charge on any atom is -0.189 e. The van der Waals surface area contributed by atoms with Gasteiger partial charge in [0.1, 0.15) is 0 Å². The molecule has 5 rings (SSSR count). The number of hydrogen-bond donors (Lipinski definition) is 0. The minimum atomic E-state index is 0. The molecule has 0 spiro atoms. The van der Waals surface area contributed by atoms with Crippen molar-refractivity contribution in [1.82, 2.24) is 0 Å². The third kappa shape index (κ3) is 2.87. The van der Waals surface area contributed by atoms with Crippen LogP contribution in [0.3, 0.4) is 0 Å². The first-order chi connectivity index (χ1) is 10.9. The molecule has 0 unspecified atom stereocenters. The summed E-state index contributed by atoms with van der Waals surface area (Å²) in [7, 11) is 0. The van der Waals surface area contributed by atoms with Gasteiger partial charge in [-0.1, -0.05) is 53.9 Å². The maximum atomic E-state index is 3.56. The van der Waals surface area contributed by atoms with Crippen LogP contribution in [0.2, 0.25) is 0 Å². The molecular formula is C22H12Au2. The Morgan fingerprint density at radius 2 is 0.917 bits per heavy atom. The topological polar surface area (TPSA) is 0 Å². The van der Waals surface area contributed by atoms with Gasteiger partial charge in [-0.15, -0.1) is 33.7 Å². The Morgan fingerprint density at radius 3 is 1.67 bits per heavy atom. The van der Waals surface area contributed by atoms with Gasteiger partial charge in [-0.3, -0.25) is 0 Å². The fourth-order valence-corrected chi connectivity index (χ4v) is 3.19. The van der Waals surface area contributed by atoms with Crippen LogP contribution in [0.5, 0.6) is 0 Å². The van der Waals surface area contributed by atoms with Crippen molar-refractivity contribution in [3.05, 3.63) is 84.9 Å². The summed E-state index contributed by atoms with van der Waals surface area (Å²) in [5.41, 5.74) is 0. The van der Waals surface area contributed by atoms with Gasteiger partial charge in [0, 0.05) is 0 Å². The zero-order chi connectivity index (χ0) is 14.5. The molecule has 0 atom stereocenters. The second kappa shape index (κ2) is 6.86. The standard InChI is InChI=1S/C22H12.2Au/c1-2-6-16-10-20-14-22-12-18-8-4-3-7-17(18)11-21(22)13-19(20)9-15(16)5-1;;/h1-11,14H;;/q-2;2*+1. The van der Waals surface area contributed by atoms with E-state index in [1.54, 1.807) is 0 Å². The molecule has 0 amide bonds. The molecule has 0 heterocycles. The van der Waals surface area contributed by atoms with E-state index >= 15 is 0 Å². The van der Waals surface area contributed by atoms with Gasteiger partial charge in [0.05, 0.1) is 0 Å². The van der Waals surface area contributed by atoms with Crippen LogP contribution in [0.4, 0.5) is 0 Å². The van der Waals surface area contributed by atoms with Gasteiger partial charge in [-0.05, 0) is 5.39 Å². The third-order valence-corrected chi connectivity index (χ3v) is 4.31. The molecule has 2 heteroatoms. The molecule has 0 saturated heterocycles. The van der Waals surface area contributed by atoms with Gasteiger partial charge in [0.25, 0.3) is 0 Å². The van der Waals surface area contributed by atoms with Gasteiger partial charge in [-0.25, -0.2) is 0 Å². The van der Waals surface area contributed by atoms with Gasteiger partial charge in [0.15, 0.2) is 0 Å². The summed E-state index contributed by atoms with van der Waals surface area (Å²) in [6, 6.07) is 32.8. The van der Waals surface area contributed by atoms with Crippen molar-refractivity contribution in [3.8, 4) is 0 Å². The van der Waals surface area contributed by atoms with Crippen molar-refractivity contribution in [2.75, 3.05) is 0 Å². The van der Waals surface area contributed by atoms with Crippen molar-refractivity contribution in [2.24, 2.45) is 0 Å². The largest absolute Gasteiger partial charge is 1.00 e. The molecule has 0 aliphatic rings. The van der Waals surface area contributed by atoms with Crippen molar-refractivity contribution in [1.29, 1.82) is 0 Å². The van der Waals surface area contributed by atoms with E-state index in [-0.39, 0.29) is 44.8 Å². The van der Waals surface area contributed by atoms with Crippen LogP contribution in [0.15, 0.2) is 72.8 Å². The first-order valence-corrected chi connectivity index (χ1v) is 7.46. The van der Waals surface area contributed by atoms with Crippen LogP contribution in [0.25, 0.3) is 43.1 Å². The van der Waals surface area contributed by atoms with Gasteiger partial charge in [0.2, 0.25) is 0 Å². The van der Waals surface area contributed by atoms with Crippen molar-refractivity contribution >= 4 is 43.1 Å². The van der Waals surface area contributed by atoms with E-state index in [2.05, 4.69) is 84.9 Å². The monoisotopic (exact) mass is 670 g/mol. The zero-order valence-corrected chi connectivity index (χ0v) is 16.9. The molecule has 24 heavy (non-hydrogen) atoms. The van der Waals surface area contributed by atoms with E-state index < -0.39 is 0 Å². The summed E-state index contributed by atoms with van der Waals surface area (Å²) in [5.74, 6) is 0. The molecule has 0 aliphatic heterocycles. The third-order valence-electron chi connectivity index (χ3n) is 4.31. The molecular weight excluding hydrogens is 658 g/mol. The van der Waals surface area contributed by atoms with Gasteiger partial charge < -0.3 is 0 Å². The molecule has 5 aromatic rings. The predicted octanol–water partition coefficient (Wildman–Crippen LogP) is 5.89. The van der Waals surface area contributed by atoms with E-state index in [1.165, 1.54) is 21.5 Å². The molecule has 5 aromatic carbocycles. The van der Waals surface area contributed by atoms with Crippen LogP contribution >= 0.6 is 0 Å². The van der Waals surface area contributed by atoms with Crippen molar-refractivity contribution in [3.63, 3.8) is 0 Å². The Hall–Kier alpha value is -1.38. The number of fused-ring (bicyclic) bond motifs is 4.